The summed E-state index contributed by atoms with van der Waals surface area (Å²) in [6.45, 7) is 3.90. The number of rotatable bonds is 4. The molecule has 1 heterocycles. The summed E-state index contributed by atoms with van der Waals surface area (Å²) in [4.78, 5) is 20.0. The molecule has 7 heteroatoms. The van der Waals surface area contributed by atoms with Crippen LogP contribution in [-0.4, -0.2) is 22.8 Å². The Morgan fingerprint density at radius 1 is 1.36 bits per heavy atom. The third kappa shape index (κ3) is 2.95. The van der Waals surface area contributed by atoms with Crippen molar-refractivity contribution in [2.24, 2.45) is 33.9 Å². The Labute approximate surface area is 164 Å². The number of hydrogen-bond acceptors (Lipinski definition) is 4. The first kappa shape index (κ1) is 18.9. The molecule has 1 aromatic heterocycles. The summed E-state index contributed by atoms with van der Waals surface area (Å²) in [5.41, 5.74) is 5.60. The molecule has 148 valence electrons. The third-order valence-electron chi connectivity index (χ3n) is 7.30. The Morgan fingerprint density at radius 2 is 2.04 bits per heavy atom. The number of nitriles is 1. The van der Waals surface area contributed by atoms with Gasteiger partial charge >= 0.3 is 0 Å². The molecule has 0 saturated heterocycles. The quantitative estimate of drug-likeness (QED) is 0.361. The van der Waals surface area contributed by atoms with E-state index in [9.17, 15) is 14.4 Å². The highest BCUT2D eigenvalue weighted by Crippen LogP contribution is 2.60. The van der Waals surface area contributed by atoms with Gasteiger partial charge in [0.1, 0.15) is 5.84 Å². The second kappa shape index (κ2) is 6.54. The smallest absolute Gasteiger partial charge is 0.223 e. The third-order valence-corrected chi connectivity index (χ3v) is 7.30. The molecular formula is C21H26FN5O. The van der Waals surface area contributed by atoms with Gasteiger partial charge in [-0.25, -0.2) is 4.98 Å². The highest BCUT2D eigenvalue weighted by Gasteiger charge is 2.58. The van der Waals surface area contributed by atoms with Crippen molar-refractivity contribution in [3.05, 3.63) is 29.8 Å². The number of pyridine rings is 1. The fourth-order valence-electron chi connectivity index (χ4n) is 6.00. The van der Waals surface area contributed by atoms with Crippen LogP contribution in [0.3, 0.4) is 0 Å². The van der Waals surface area contributed by atoms with Gasteiger partial charge in [-0.2, -0.15) is 14.6 Å². The van der Waals surface area contributed by atoms with E-state index in [0.717, 1.165) is 37.7 Å². The largest absolute Gasteiger partial charge is 0.369 e. The van der Waals surface area contributed by atoms with Crippen LogP contribution in [0.2, 0.25) is 0 Å². The number of nitrogens with zero attached hydrogens (tertiary/aromatic N) is 3. The summed E-state index contributed by atoms with van der Waals surface area (Å²) < 4.78 is 13.2. The van der Waals surface area contributed by atoms with Gasteiger partial charge < -0.3 is 11.1 Å². The van der Waals surface area contributed by atoms with Crippen molar-refractivity contribution in [1.29, 1.82) is 5.26 Å². The Balaban J connectivity index is 1.60. The fourth-order valence-corrected chi connectivity index (χ4v) is 6.00. The molecule has 4 bridgehead atoms. The number of primary amides is 1. The van der Waals surface area contributed by atoms with Crippen LogP contribution in [0.15, 0.2) is 23.3 Å². The molecular weight excluding hydrogens is 357 g/mol. The molecule has 2 unspecified atom stereocenters. The lowest BCUT2D eigenvalue weighted by atomic mass is 9.47. The molecule has 4 aliphatic carbocycles. The highest BCUT2D eigenvalue weighted by atomic mass is 19.1. The van der Waals surface area contributed by atoms with Crippen LogP contribution in [-0.2, 0) is 10.2 Å². The van der Waals surface area contributed by atoms with E-state index in [-0.39, 0.29) is 17.4 Å². The molecule has 5 rings (SSSR count). The van der Waals surface area contributed by atoms with E-state index in [1.165, 1.54) is 12.3 Å². The number of aliphatic imine (C=N–C) groups is 1. The maximum atomic E-state index is 13.2. The van der Waals surface area contributed by atoms with Gasteiger partial charge in [0.25, 0.3) is 0 Å². The summed E-state index contributed by atoms with van der Waals surface area (Å²) >= 11 is 0. The Kier molecular flexibility index (Phi) is 4.40. The number of carbonyl (C=O) groups is 1. The van der Waals surface area contributed by atoms with Gasteiger partial charge in [0.2, 0.25) is 18.0 Å². The van der Waals surface area contributed by atoms with Crippen molar-refractivity contribution >= 4 is 11.7 Å². The zero-order valence-corrected chi connectivity index (χ0v) is 16.3. The van der Waals surface area contributed by atoms with Gasteiger partial charge in [-0.1, -0.05) is 6.07 Å². The lowest BCUT2D eigenvalue weighted by Gasteiger charge is -2.59. The van der Waals surface area contributed by atoms with Crippen molar-refractivity contribution in [2.75, 3.05) is 0 Å². The maximum absolute atomic E-state index is 13.2. The van der Waals surface area contributed by atoms with Crippen LogP contribution in [0.25, 0.3) is 0 Å². The molecule has 4 saturated carbocycles. The molecule has 4 fully saturated rings. The fraction of sp³-hybridized carbons (Fsp3) is 0.619. The molecule has 0 radical (unpaired) electrons. The SMILES string of the molecule is CC(C)(/C(=N\C#N)NC1C2CC3CC1CC(C(N)=O)(C3)C2)c1ccc(F)nc1. The first-order valence-electron chi connectivity index (χ1n) is 9.91. The van der Waals surface area contributed by atoms with Gasteiger partial charge in [-0.3, -0.25) is 4.79 Å². The minimum Gasteiger partial charge on any atom is -0.369 e. The van der Waals surface area contributed by atoms with E-state index in [1.807, 2.05) is 20.0 Å². The van der Waals surface area contributed by atoms with Crippen LogP contribution in [0.5, 0.6) is 0 Å². The molecule has 2 atom stereocenters. The van der Waals surface area contributed by atoms with Gasteiger partial charge in [0.05, 0.1) is 0 Å². The lowest BCUT2D eigenvalue weighted by molar-refractivity contribution is -0.145. The van der Waals surface area contributed by atoms with Gasteiger partial charge in [0, 0.05) is 23.1 Å². The molecule has 1 aromatic rings. The number of amidine groups is 1. The van der Waals surface area contributed by atoms with Crippen LogP contribution in [0.4, 0.5) is 4.39 Å². The van der Waals surface area contributed by atoms with Crippen LogP contribution in [0.1, 0.15) is 51.5 Å². The second-order valence-corrected chi connectivity index (χ2v) is 9.34. The zero-order valence-electron chi connectivity index (χ0n) is 16.3. The van der Waals surface area contributed by atoms with Gasteiger partial charge in [0.15, 0.2) is 0 Å². The number of nitrogens with one attached hydrogen (secondary N) is 1. The van der Waals surface area contributed by atoms with Gasteiger partial charge in [-0.15, -0.1) is 0 Å². The maximum Gasteiger partial charge on any atom is 0.223 e. The summed E-state index contributed by atoms with van der Waals surface area (Å²) in [7, 11) is 0. The van der Waals surface area contributed by atoms with Crippen LogP contribution in [0, 0.1) is 40.6 Å². The Bertz CT molecular complexity index is 841. The first-order chi connectivity index (χ1) is 13.2. The summed E-state index contributed by atoms with van der Waals surface area (Å²) in [5, 5.41) is 12.8. The van der Waals surface area contributed by atoms with Crippen molar-refractivity contribution in [1.82, 2.24) is 10.3 Å². The number of halogens is 1. The Hall–Kier alpha value is -2.49. The number of amides is 1. The predicted octanol–water partition coefficient (Wildman–Crippen LogP) is 2.65. The molecule has 0 spiro atoms. The van der Waals surface area contributed by atoms with Crippen LogP contribution >= 0.6 is 0 Å². The summed E-state index contributed by atoms with van der Waals surface area (Å²) in [5.74, 6) is 1.13. The molecule has 1 amide bonds. The monoisotopic (exact) mass is 383 g/mol. The highest BCUT2D eigenvalue weighted by molar-refractivity contribution is 5.93. The topological polar surface area (TPSA) is 104 Å². The lowest BCUT2D eigenvalue weighted by Crippen LogP contribution is -2.63. The van der Waals surface area contributed by atoms with Crippen molar-refractivity contribution in [3.8, 4) is 6.19 Å². The van der Waals surface area contributed by atoms with Crippen molar-refractivity contribution in [2.45, 2.75) is 57.4 Å². The first-order valence-corrected chi connectivity index (χ1v) is 9.91. The van der Waals surface area contributed by atoms with Crippen LogP contribution < -0.4 is 11.1 Å². The molecule has 28 heavy (non-hydrogen) atoms. The van der Waals surface area contributed by atoms with E-state index in [4.69, 9.17) is 5.73 Å². The van der Waals surface area contributed by atoms with Crippen molar-refractivity contribution in [3.63, 3.8) is 0 Å². The second-order valence-electron chi connectivity index (χ2n) is 9.34. The van der Waals surface area contributed by atoms with E-state index < -0.39 is 11.4 Å². The normalized spacial score (nSPS) is 34.1. The molecule has 6 nitrogen and oxygen atoms in total. The standard InChI is InChI=1S/C21H26FN5O/c1-20(2,15-3-4-16(22)25-10-15)19(26-11-23)27-17-13-5-12-6-14(17)9-21(7-12,8-13)18(24)28/h3-4,10,12-14,17H,5-9H2,1-2H3,(H2,24,28)(H,26,27). The predicted molar refractivity (Wildman–Crippen MR) is 102 cm³/mol. The van der Waals surface area contributed by atoms with E-state index in [0.29, 0.717) is 23.6 Å². The average molecular weight is 383 g/mol. The van der Waals surface area contributed by atoms with E-state index in [2.05, 4.69) is 15.3 Å². The Morgan fingerprint density at radius 3 is 2.57 bits per heavy atom. The minimum atomic E-state index is -0.619. The number of hydrogen-bond donors (Lipinski definition) is 2. The molecule has 3 N–H and O–H groups in total. The number of aromatic nitrogens is 1. The molecule has 4 aliphatic rings. The molecule has 0 aromatic carbocycles. The zero-order chi connectivity index (χ0) is 20.1. The van der Waals surface area contributed by atoms with E-state index in [1.54, 1.807) is 6.07 Å². The summed E-state index contributed by atoms with van der Waals surface area (Å²) in [6, 6.07) is 3.17. The molecule has 0 aliphatic heterocycles. The van der Waals surface area contributed by atoms with Crippen molar-refractivity contribution < 1.29 is 9.18 Å². The minimum absolute atomic E-state index is 0.158. The summed E-state index contributed by atoms with van der Waals surface area (Å²) in [6.07, 6.45) is 8.12. The van der Waals surface area contributed by atoms with E-state index >= 15 is 0 Å². The average Bonchev–Trinajstić information content (AvgIpc) is 2.63. The van der Waals surface area contributed by atoms with Gasteiger partial charge in [-0.05, 0) is 75.3 Å². The number of nitrogens with two attached hydrogens (primary N) is 1. The number of carbonyl (C=O) groups excluding carboxylic acids is 1.